The Kier molecular flexibility index (Phi) is 3.77. The molecule has 0 spiro atoms. The highest BCUT2D eigenvalue weighted by Gasteiger charge is 2.44. The van der Waals surface area contributed by atoms with Gasteiger partial charge in [-0.25, -0.2) is 9.89 Å². The third-order valence-corrected chi connectivity index (χ3v) is 3.76. The summed E-state index contributed by atoms with van der Waals surface area (Å²) >= 11 is 6.12. The van der Waals surface area contributed by atoms with Gasteiger partial charge in [-0.1, -0.05) is 30.3 Å². The number of anilines is 1. The van der Waals surface area contributed by atoms with Crippen LogP contribution in [0, 0.1) is 6.92 Å². The molecule has 0 radical (unpaired) electrons. The molecule has 1 fully saturated rings. The Morgan fingerprint density at radius 3 is 2.45 bits per heavy atom. The van der Waals surface area contributed by atoms with Crippen molar-refractivity contribution in [3.63, 3.8) is 0 Å². The molecule has 1 aliphatic rings. The Hall–Kier alpha value is -2.46. The van der Waals surface area contributed by atoms with E-state index in [1.54, 1.807) is 30.3 Å². The smallest absolute Gasteiger partial charge is 0.272 e. The number of amides is 2. The summed E-state index contributed by atoms with van der Waals surface area (Å²) in [5.41, 5.74) is 2.12. The van der Waals surface area contributed by atoms with E-state index < -0.39 is 17.2 Å². The van der Waals surface area contributed by atoms with Gasteiger partial charge >= 0.3 is 0 Å². The minimum Gasteiger partial charge on any atom is -0.272 e. The molecule has 2 aromatic rings. The standard InChI is InChI=1S/C17H13ClN2O2/c1-11-6-5-9-13(10-11)20-16(21)14(18)15(17(20)22)19-12-7-3-2-4-8-12/h2-10,14H,1H3. The molecule has 4 nitrogen and oxygen atoms in total. The number of hydrogen-bond acceptors (Lipinski definition) is 3. The number of imide groups is 1. The van der Waals surface area contributed by atoms with Gasteiger partial charge in [0.25, 0.3) is 11.8 Å². The zero-order chi connectivity index (χ0) is 15.7. The monoisotopic (exact) mass is 312 g/mol. The van der Waals surface area contributed by atoms with Crippen molar-refractivity contribution in [1.29, 1.82) is 0 Å². The van der Waals surface area contributed by atoms with Gasteiger partial charge in [-0.3, -0.25) is 9.59 Å². The Morgan fingerprint density at radius 1 is 1.05 bits per heavy atom. The van der Waals surface area contributed by atoms with Gasteiger partial charge in [-0.15, -0.1) is 11.6 Å². The van der Waals surface area contributed by atoms with Gasteiger partial charge in [-0.05, 0) is 36.8 Å². The lowest BCUT2D eigenvalue weighted by Crippen LogP contribution is -2.31. The van der Waals surface area contributed by atoms with Crippen LogP contribution in [-0.4, -0.2) is 22.9 Å². The molecular formula is C17H13ClN2O2. The summed E-state index contributed by atoms with van der Waals surface area (Å²) in [7, 11) is 0. The van der Waals surface area contributed by atoms with E-state index in [0.29, 0.717) is 11.4 Å². The molecule has 3 rings (SSSR count). The number of nitrogens with zero attached hydrogens (tertiary/aromatic N) is 2. The average Bonchev–Trinajstić information content (AvgIpc) is 2.72. The zero-order valence-electron chi connectivity index (χ0n) is 11.9. The van der Waals surface area contributed by atoms with Gasteiger partial charge in [-0.2, -0.15) is 0 Å². The van der Waals surface area contributed by atoms with Crippen LogP contribution in [0.1, 0.15) is 5.56 Å². The molecule has 0 N–H and O–H groups in total. The van der Waals surface area contributed by atoms with Crippen LogP contribution in [0.2, 0.25) is 0 Å². The van der Waals surface area contributed by atoms with Crippen molar-refractivity contribution in [3.05, 3.63) is 60.2 Å². The van der Waals surface area contributed by atoms with E-state index >= 15 is 0 Å². The number of carbonyl (C=O) groups is 2. The van der Waals surface area contributed by atoms with Crippen LogP contribution in [0.4, 0.5) is 11.4 Å². The Balaban J connectivity index is 2.01. The quantitative estimate of drug-likeness (QED) is 0.631. The maximum absolute atomic E-state index is 12.5. The van der Waals surface area contributed by atoms with Crippen LogP contribution >= 0.6 is 11.6 Å². The molecule has 0 aromatic heterocycles. The number of aryl methyl sites for hydroxylation is 1. The summed E-state index contributed by atoms with van der Waals surface area (Å²) in [5.74, 6) is -0.939. The highest BCUT2D eigenvalue weighted by Crippen LogP contribution is 2.26. The van der Waals surface area contributed by atoms with Gasteiger partial charge in [0.05, 0.1) is 11.4 Å². The number of benzene rings is 2. The molecule has 110 valence electrons. The number of aliphatic imine (C=N–C) groups is 1. The predicted octanol–water partition coefficient (Wildman–Crippen LogP) is 3.25. The van der Waals surface area contributed by atoms with E-state index in [1.807, 2.05) is 31.2 Å². The SMILES string of the molecule is Cc1cccc(N2C(=O)C(=Nc3ccccc3)C(Cl)C2=O)c1. The number of alkyl halides is 1. The van der Waals surface area contributed by atoms with E-state index in [9.17, 15) is 9.59 Å². The second-order valence-electron chi connectivity index (χ2n) is 5.01. The van der Waals surface area contributed by atoms with Crippen LogP contribution in [0.5, 0.6) is 0 Å². The molecule has 0 bridgehead atoms. The van der Waals surface area contributed by atoms with Crippen LogP contribution in [0.3, 0.4) is 0 Å². The fraction of sp³-hybridized carbons (Fsp3) is 0.118. The van der Waals surface area contributed by atoms with Gasteiger partial charge in [0.2, 0.25) is 0 Å². The molecule has 1 unspecified atom stereocenters. The molecule has 22 heavy (non-hydrogen) atoms. The maximum atomic E-state index is 12.5. The van der Waals surface area contributed by atoms with Crippen molar-refractivity contribution < 1.29 is 9.59 Å². The summed E-state index contributed by atoms with van der Waals surface area (Å²) in [6.07, 6.45) is 0. The number of halogens is 1. The van der Waals surface area contributed by atoms with Gasteiger partial charge in [0.15, 0.2) is 5.38 Å². The third kappa shape index (κ3) is 2.53. The minimum absolute atomic E-state index is 0.0550. The first-order valence-electron chi connectivity index (χ1n) is 6.80. The first-order chi connectivity index (χ1) is 10.6. The van der Waals surface area contributed by atoms with E-state index in [1.165, 1.54) is 0 Å². The number of carbonyl (C=O) groups excluding carboxylic acids is 2. The van der Waals surface area contributed by atoms with E-state index in [4.69, 9.17) is 11.6 Å². The Labute approximate surface area is 133 Å². The summed E-state index contributed by atoms with van der Waals surface area (Å²) in [4.78, 5) is 30.2. The van der Waals surface area contributed by atoms with Crippen molar-refractivity contribution >= 4 is 40.5 Å². The highest BCUT2D eigenvalue weighted by molar-refractivity contribution is 6.68. The zero-order valence-corrected chi connectivity index (χ0v) is 12.6. The normalized spacial score (nSPS) is 20.0. The first kappa shape index (κ1) is 14.5. The molecule has 1 heterocycles. The summed E-state index contributed by atoms with van der Waals surface area (Å²) in [5, 5.41) is -1.06. The lowest BCUT2D eigenvalue weighted by molar-refractivity contribution is -0.120. The second-order valence-corrected chi connectivity index (χ2v) is 5.45. The minimum atomic E-state index is -1.06. The number of para-hydroxylation sites is 1. The summed E-state index contributed by atoms with van der Waals surface area (Å²) < 4.78 is 0. The average molecular weight is 313 g/mol. The van der Waals surface area contributed by atoms with Crippen molar-refractivity contribution in [2.24, 2.45) is 4.99 Å². The van der Waals surface area contributed by atoms with Crippen molar-refractivity contribution in [3.8, 4) is 0 Å². The van der Waals surface area contributed by atoms with Crippen LogP contribution in [0.25, 0.3) is 0 Å². The highest BCUT2D eigenvalue weighted by atomic mass is 35.5. The van der Waals surface area contributed by atoms with E-state index in [0.717, 1.165) is 10.5 Å². The van der Waals surface area contributed by atoms with Gasteiger partial charge in [0, 0.05) is 0 Å². The fourth-order valence-corrected chi connectivity index (χ4v) is 2.55. The predicted molar refractivity (Wildman–Crippen MR) is 86.9 cm³/mol. The molecule has 2 aromatic carbocycles. The lowest BCUT2D eigenvalue weighted by atomic mass is 10.2. The van der Waals surface area contributed by atoms with E-state index in [2.05, 4.69) is 4.99 Å². The first-order valence-corrected chi connectivity index (χ1v) is 7.24. The fourth-order valence-electron chi connectivity index (χ4n) is 2.31. The Morgan fingerprint density at radius 2 is 1.77 bits per heavy atom. The molecule has 2 amide bonds. The number of rotatable bonds is 2. The van der Waals surface area contributed by atoms with Crippen molar-refractivity contribution in [1.82, 2.24) is 0 Å². The van der Waals surface area contributed by atoms with Crippen LogP contribution < -0.4 is 4.90 Å². The molecule has 0 aliphatic carbocycles. The topological polar surface area (TPSA) is 49.7 Å². The van der Waals surface area contributed by atoms with Gasteiger partial charge < -0.3 is 0 Å². The molecule has 5 heteroatoms. The van der Waals surface area contributed by atoms with Crippen molar-refractivity contribution in [2.45, 2.75) is 12.3 Å². The molecule has 0 saturated carbocycles. The largest absolute Gasteiger partial charge is 0.281 e. The summed E-state index contributed by atoms with van der Waals surface area (Å²) in [6.45, 7) is 1.89. The Bertz CT molecular complexity index is 771. The molecule has 1 saturated heterocycles. The lowest BCUT2D eigenvalue weighted by Gasteiger charge is -2.13. The van der Waals surface area contributed by atoms with Gasteiger partial charge in [0.1, 0.15) is 5.71 Å². The third-order valence-electron chi connectivity index (χ3n) is 3.37. The number of hydrogen-bond donors (Lipinski definition) is 0. The van der Waals surface area contributed by atoms with Crippen molar-refractivity contribution in [2.75, 3.05) is 4.90 Å². The van der Waals surface area contributed by atoms with Crippen LogP contribution in [-0.2, 0) is 9.59 Å². The van der Waals surface area contributed by atoms with E-state index in [-0.39, 0.29) is 5.71 Å². The molecule has 1 aliphatic heterocycles. The summed E-state index contributed by atoms with van der Waals surface area (Å²) in [6, 6.07) is 16.1. The molecule has 1 atom stereocenters. The maximum Gasteiger partial charge on any atom is 0.281 e. The second kappa shape index (κ2) is 5.73. The van der Waals surface area contributed by atoms with Crippen LogP contribution in [0.15, 0.2) is 59.6 Å². The molecular weight excluding hydrogens is 300 g/mol.